The van der Waals surface area contributed by atoms with Crippen LogP contribution >= 0.6 is 0 Å². The Balaban J connectivity index is 1.42. The van der Waals surface area contributed by atoms with Crippen molar-refractivity contribution >= 4 is 11.5 Å². The molecule has 3 heterocycles. The van der Waals surface area contributed by atoms with Gasteiger partial charge >= 0.3 is 0 Å². The monoisotopic (exact) mass is 437 g/mol. The maximum atomic E-state index is 13.3. The first kappa shape index (κ1) is 21.1. The van der Waals surface area contributed by atoms with Crippen LogP contribution in [0.15, 0.2) is 47.3 Å². The molecule has 7 heteroatoms. The molecular formula is C25H28FN3O3. The van der Waals surface area contributed by atoms with Gasteiger partial charge in [-0.15, -0.1) is 0 Å². The molecule has 32 heavy (non-hydrogen) atoms. The van der Waals surface area contributed by atoms with Crippen LogP contribution in [0.25, 0.3) is 5.57 Å². The molecule has 2 aromatic rings. The molecule has 1 saturated heterocycles. The largest absolute Gasteiger partial charge is 0.396 e. The van der Waals surface area contributed by atoms with Crippen LogP contribution in [0.3, 0.4) is 0 Å². The van der Waals surface area contributed by atoms with Gasteiger partial charge in [-0.2, -0.15) is 0 Å². The summed E-state index contributed by atoms with van der Waals surface area (Å²) in [5, 5.41) is 16.5. The van der Waals surface area contributed by atoms with Crippen molar-refractivity contribution in [3.05, 3.63) is 75.5 Å². The van der Waals surface area contributed by atoms with Gasteiger partial charge in [0.05, 0.1) is 12.0 Å². The first-order valence-corrected chi connectivity index (χ1v) is 11.4. The Morgan fingerprint density at radius 1 is 1.19 bits per heavy atom. The molecule has 1 amide bonds. The smallest absolute Gasteiger partial charge is 0.258 e. The first-order chi connectivity index (χ1) is 15.6. The molecule has 1 fully saturated rings. The SMILES string of the molecule is O=C(NCc1ccc(F)cc1)[C@@H]1[C@@H](CO)[C@@H]2Cn3c(ccc(C4=CCCCC4)c3=O)[C@H]1N2. The summed E-state index contributed by atoms with van der Waals surface area (Å²) in [6.45, 7) is 0.591. The predicted octanol–water partition coefficient (Wildman–Crippen LogP) is 2.51. The first-order valence-electron chi connectivity index (χ1n) is 11.4. The van der Waals surface area contributed by atoms with E-state index in [1.807, 2.05) is 12.1 Å². The van der Waals surface area contributed by atoms with E-state index < -0.39 is 5.92 Å². The van der Waals surface area contributed by atoms with Crippen molar-refractivity contribution in [3.63, 3.8) is 0 Å². The Labute approximate surface area is 186 Å². The summed E-state index contributed by atoms with van der Waals surface area (Å²) in [5.74, 6) is -1.27. The number of benzene rings is 1. The maximum absolute atomic E-state index is 13.3. The molecule has 1 aromatic carbocycles. The number of hydrogen-bond acceptors (Lipinski definition) is 4. The van der Waals surface area contributed by atoms with Crippen LogP contribution < -0.4 is 16.2 Å². The van der Waals surface area contributed by atoms with Gasteiger partial charge in [0.2, 0.25) is 5.91 Å². The molecular weight excluding hydrogens is 409 g/mol. The summed E-state index contributed by atoms with van der Waals surface area (Å²) < 4.78 is 14.9. The maximum Gasteiger partial charge on any atom is 0.258 e. The summed E-state index contributed by atoms with van der Waals surface area (Å²) in [5.41, 5.74) is 3.47. The number of amides is 1. The number of nitrogens with zero attached hydrogens (tertiary/aromatic N) is 1. The van der Waals surface area contributed by atoms with Crippen molar-refractivity contribution in [1.82, 2.24) is 15.2 Å². The van der Waals surface area contributed by atoms with Gasteiger partial charge in [0.25, 0.3) is 5.56 Å². The second-order valence-corrected chi connectivity index (χ2v) is 9.03. The second-order valence-electron chi connectivity index (χ2n) is 9.03. The van der Waals surface area contributed by atoms with Crippen LogP contribution in [0.1, 0.15) is 48.5 Å². The van der Waals surface area contributed by atoms with E-state index in [4.69, 9.17) is 0 Å². The fourth-order valence-corrected chi connectivity index (χ4v) is 5.49. The Morgan fingerprint density at radius 2 is 2.00 bits per heavy atom. The number of rotatable bonds is 5. The van der Waals surface area contributed by atoms with E-state index in [0.29, 0.717) is 6.54 Å². The third-order valence-corrected chi connectivity index (χ3v) is 7.17. The highest BCUT2D eigenvalue weighted by molar-refractivity contribution is 5.80. The minimum Gasteiger partial charge on any atom is -0.396 e. The van der Waals surface area contributed by atoms with Gasteiger partial charge in [0, 0.05) is 42.9 Å². The van der Waals surface area contributed by atoms with Crippen molar-refractivity contribution < 1.29 is 14.3 Å². The van der Waals surface area contributed by atoms with Crippen LogP contribution in [0.2, 0.25) is 0 Å². The minimum absolute atomic E-state index is 0.00351. The summed E-state index contributed by atoms with van der Waals surface area (Å²) in [7, 11) is 0. The molecule has 5 rings (SSSR count). The molecule has 0 spiro atoms. The van der Waals surface area contributed by atoms with Gasteiger partial charge in [-0.1, -0.05) is 18.2 Å². The molecule has 6 nitrogen and oxygen atoms in total. The molecule has 2 aliphatic heterocycles. The zero-order valence-electron chi connectivity index (χ0n) is 17.9. The lowest BCUT2D eigenvalue weighted by atomic mass is 9.86. The molecule has 4 atom stereocenters. The number of pyridine rings is 1. The van der Waals surface area contributed by atoms with Crippen molar-refractivity contribution in [1.29, 1.82) is 0 Å². The van der Waals surface area contributed by atoms with Gasteiger partial charge in [-0.25, -0.2) is 4.39 Å². The second kappa shape index (κ2) is 8.64. The van der Waals surface area contributed by atoms with Gasteiger partial charge in [0.15, 0.2) is 0 Å². The fourth-order valence-electron chi connectivity index (χ4n) is 5.49. The number of hydrogen-bond donors (Lipinski definition) is 3. The van der Waals surface area contributed by atoms with Crippen LogP contribution in [0.5, 0.6) is 0 Å². The van der Waals surface area contributed by atoms with Crippen molar-refractivity contribution in [3.8, 4) is 0 Å². The van der Waals surface area contributed by atoms with E-state index in [0.717, 1.165) is 48.1 Å². The van der Waals surface area contributed by atoms with Crippen molar-refractivity contribution in [2.24, 2.45) is 11.8 Å². The van der Waals surface area contributed by atoms with Gasteiger partial charge in [0.1, 0.15) is 5.82 Å². The summed E-state index contributed by atoms with van der Waals surface area (Å²) in [6.07, 6.45) is 6.37. The standard InChI is InChI=1S/C25H28FN3O3/c26-17-8-6-15(7-9-17)12-27-24(31)22-19(14-30)20-13-29-21(23(22)28-20)11-10-18(25(29)32)16-4-2-1-3-5-16/h4,6-11,19-20,22-23,28,30H,1-3,5,12-14H2,(H,27,31)/t19-,20-,22+,23+/m0/s1. The molecule has 3 aliphatic rings. The number of aromatic nitrogens is 1. The summed E-state index contributed by atoms with van der Waals surface area (Å²) >= 11 is 0. The van der Waals surface area contributed by atoms with Crippen molar-refractivity contribution in [2.75, 3.05) is 6.61 Å². The number of allylic oxidation sites excluding steroid dienone is 2. The highest BCUT2D eigenvalue weighted by Gasteiger charge is 2.50. The number of aliphatic hydroxyl groups excluding tert-OH is 1. The molecule has 3 N–H and O–H groups in total. The quantitative estimate of drug-likeness (QED) is 0.671. The molecule has 168 valence electrons. The molecule has 0 saturated carbocycles. The number of aliphatic hydroxyl groups is 1. The summed E-state index contributed by atoms with van der Waals surface area (Å²) in [4.78, 5) is 26.5. The van der Waals surface area contributed by atoms with E-state index in [2.05, 4.69) is 16.7 Å². The highest BCUT2D eigenvalue weighted by atomic mass is 19.1. The normalized spacial score (nSPS) is 26.4. The lowest BCUT2D eigenvalue weighted by molar-refractivity contribution is -0.127. The molecule has 1 aliphatic carbocycles. The minimum atomic E-state index is -0.488. The van der Waals surface area contributed by atoms with Gasteiger partial charge in [-0.3, -0.25) is 9.59 Å². The lowest BCUT2D eigenvalue weighted by Gasteiger charge is -2.28. The fraction of sp³-hybridized carbons (Fsp3) is 0.440. The zero-order valence-corrected chi connectivity index (χ0v) is 17.9. The predicted molar refractivity (Wildman–Crippen MR) is 119 cm³/mol. The van der Waals surface area contributed by atoms with E-state index in [1.54, 1.807) is 16.7 Å². The number of halogens is 1. The highest BCUT2D eigenvalue weighted by Crippen LogP contribution is 2.41. The summed E-state index contributed by atoms with van der Waals surface area (Å²) in [6, 6.07) is 9.39. The van der Waals surface area contributed by atoms with E-state index in [-0.39, 0.29) is 48.4 Å². The molecule has 2 bridgehead atoms. The zero-order chi connectivity index (χ0) is 22.2. The van der Waals surface area contributed by atoms with Gasteiger partial charge in [-0.05, 0) is 61.1 Å². The Hall–Kier alpha value is -2.77. The van der Waals surface area contributed by atoms with E-state index in [1.165, 1.54) is 12.1 Å². The average molecular weight is 438 g/mol. The van der Waals surface area contributed by atoms with Gasteiger partial charge < -0.3 is 20.3 Å². The molecule has 1 aromatic heterocycles. The van der Waals surface area contributed by atoms with Crippen LogP contribution in [0, 0.1) is 17.7 Å². The Bertz CT molecular complexity index is 1110. The Kier molecular flexibility index (Phi) is 5.69. The molecule has 0 unspecified atom stereocenters. The van der Waals surface area contributed by atoms with Crippen LogP contribution in [-0.2, 0) is 17.9 Å². The van der Waals surface area contributed by atoms with Crippen LogP contribution in [0.4, 0.5) is 4.39 Å². The molecule has 0 radical (unpaired) electrons. The topological polar surface area (TPSA) is 83.4 Å². The third kappa shape index (κ3) is 3.69. The number of carbonyl (C=O) groups is 1. The van der Waals surface area contributed by atoms with Crippen LogP contribution in [-0.4, -0.2) is 28.2 Å². The number of nitrogens with one attached hydrogen (secondary N) is 2. The van der Waals surface area contributed by atoms with E-state index in [9.17, 15) is 19.1 Å². The average Bonchev–Trinajstić information content (AvgIpc) is 3.12. The Morgan fingerprint density at radius 3 is 2.72 bits per heavy atom. The lowest BCUT2D eigenvalue weighted by Crippen LogP contribution is -2.44. The third-order valence-electron chi connectivity index (χ3n) is 7.17. The number of fused-ring (bicyclic) bond motifs is 4. The van der Waals surface area contributed by atoms with E-state index >= 15 is 0 Å². The number of carbonyl (C=O) groups excluding carboxylic acids is 1. The van der Waals surface area contributed by atoms with Crippen molar-refractivity contribution in [2.45, 2.75) is 50.9 Å².